The number of carbonyl (C=O) groups is 2. The normalized spacial score (nSPS) is 21.9. The summed E-state index contributed by atoms with van der Waals surface area (Å²) < 4.78 is 5.33. The lowest BCUT2D eigenvalue weighted by Crippen LogP contribution is -2.36. The number of hydrogen-bond donors (Lipinski definition) is 1. The van der Waals surface area contributed by atoms with Gasteiger partial charge in [0.25, 0.3) is 5.91 Å². The van der Waals surface area contributed by atoms with E-state index in [0.29, 0.717) is 25.1 Å². The third kappa shape index (κ3) is 3.06. The molecule has 22 heavy (non-hydrogen) atoms. The van der Waals surface area contributed by atoms with Crippen molar-refractivity contribution < 1.29 is 19.4 Å². The number of amides is 1. The van der Waals surface area contributed by atoms with E-state index < -0.39 is 11.9 Å². The molecule has 2 heterocycles. The summed E-state index contributed by atoms with van der Waals surface area (Å²) in [6, 6.07) is 7.54. The number of ether oxygens (including phenoxy) is 1. The van der Waals surface area contributed by atoms with Crippen LogP contribution in [0.15, 0.2) is 24.3 Å². The topological polar surface area (TPSA) is 70.1 Å². The smallest absolute Gasteiger partial charge is 0.308 e. The summed E-state index contributed by atoms with van der Waals surface area (Å²) in [7, 11) is 0. The number of carbonyl (C=O) groups excluding carboxylic acids is 1. The van der Waals surface area contributed by atoms with Crippen LogP contribution in [-0.2, 0) is 9.53 Å². The van der Waals surface area contributed by atoms with Gasteiger partial charge < -0.3 is 19.6 Å². The molecule has 2 saturated heterocycles. The molecular weight excluding hydrogens is 284 g/mol. The number of carboxylic acid groups (broad SMARTS) is 1. The molecule has 6 heteroatoms. The van der Waals surface area contributed by atoms with Crippen LogP contribution in [0, 0.1) is 5.92 Å². The van der Waals surface area contributed by atoms with Crippen molar-refractivity contribution in [2.75, 3.05) is 44.3 Å². The van der Waals surface area contributed by atoms with Gasteiger partial charge in [0, 0.05) is 37.4 Å². The molecular formula is C16H20N2O4. The Balaban J connectivity index is 1.65. The van der Waals surface area contributed by atoms with Gasteiger partial charge in [-0.2, -0.15) is 0 Å². The molecule has 1 aromatic rings. The average Bonchev–Trinajstić information content (AvgIpc) is 3.05. The van der Waals surface area contributed by atoms with Gasteiger partial charge in [-0.1, -0.05) is 0 Å². The number of aliphatic carboxylic acids is 1. The summed E-state index contributed by atoms with van der Waals surface area (Å²) in [6.45, 7) is 4.00. The van der Waals surface area contributed by atoms with Crippen molar-refractivity contribution in [3.05, 3.63) is 29.8 Å². The Kier molecular flexibility index (Phi) is 4.29. The molecule has 0 aromatic heterocycles. The van der Waals surface area contributed by atoms with Crippen LogP contribution in [0.4, 0.5) is 5.69 Å². The number of carboxylic acids is 1. The first-order valence-electron chi connectivity index (χ1n) is 7.60. The molecule has 1 amide bonds. The number of benzene rings is 1. The van der Waals surface area contributed by atoms with E-state index in [1.165, 1.54) is 0 Å². The van der Waals surface area contributed by atoms with E-state index in [9.17, 15) is 9.59 Å². The fourth-order valence-electron chi connectivity index (χ4n) is 2.97. The van der Waals surface area contributed by atoms with E-state index in [0.717, 1.165) is 32.0 Å². The van der Waals surface area contributed by atoms with Gasteiger partial charge in [-0.15, -0.1) is 0 Å². The molecule has 2 fully saturated rings. The molecule has 1 N–H and O–H groups in total. The van der Waals surface area contributed by atoms with Gasteiger partial charge in [-0.25, -0.2) is 0 Å². The molecule has 1 atom stereocenters. The summed E-state index contributed by atoms with van der Waals surface area (Å²) in [5.74, 6) is -1.34. The van der Waals surface area contributed by atoms with Crippen molar-refractivity contribution in [3.63, 3.8) is 0 Å². The first-order chi connectivity index (χ1) is 10.6. The van der Waals surface area contributed by atoms with Crippen LogP contribution in [-0.4, -0.2) is 61.3 Å². The van der Waals surface area contributed by atoms with Crippen molar-refractivity contribution in [1.82, 2.24) is 4.90 Å². The molecule has 0 saturated carbocycles. The number of nitrogens with zero attached hydrogens (tertiary/aromatic N) is 2. The third-order valence-electron chi connectivity index (χ3n) is 4.32. The zero-order valence-electron chi connectivity index (χ0n) is 12.4. The van der Waals surface area contributed by atoms with E-state index in [1.54, 1.807) is 4.90 Å². The Bertz CT molecular complexity index is 552. The zero-order chi connectivity index (χ0) is 15.5. The van der Waals surface area contributed by atoms with E-state index in [2.05, 4.69) is 4.90 Å². The van der Waals surface area contributed by atoms with Gasteiger partial charge in [0.1, 0.15) is 0 Å². The SMILES string of the molecule is O=C(O)C1CCN(C(=O)c2ccc(N3CCOCC3)cc2)C1. The quantitative estimate of drug-likeness (QED) is 0.904. The lowest BCUT2D eigenvalue weighted by Gasteiger charge is -2.29. The second kappa shape index (κ2) is 6.36. The van der Waals surface area contributed by atoms with Gasteiger partial charge in [-0.05, 0) is 30.7 Å². The Morgan fingerprint density at radius 2 is 1.77 bits per heavy atom. The van der Waals surface area contributed by atoms with Crippen LogP contribution in [0.2, 0.25) is 0 Å². The summed E-state index contributed by atoms with van der Waals surface area (Å²) in [5, 5.41) is 9.01. The Morgan fingerprint density at radius 3 is 2.36 bits per heavy atom. The first-order valence-corrected chi connectivity index (χ1v) is 7.60. The van der Waals surface area contributed by atoms with Gasteiger partial charge in [-0.3, -0.25) is 9.59 Å². The highest BCUT2D eigenvalue weighted by atomic mass is 16.5. The second-order valence-electron chi connectivity index (χ2n) is 5.72. The summed E-state index contributed by atoms with van der Waals surface area (Å²) in [6.07, 6.45) is 0.535. The average molecular weight is 304 g/mol. The highest BCUT2D eigenvalue weighted by molar-refractivity contribution is 5.95. The van der Waals surface area contributed by atoms with Crippen LogP contribution >= 0.6 is 0 Å². The van der Waals surface area contributed by atoms with Crippen LogP contribution < -0.4 is 4.90 Å². The zero-order valence-corrected chi connectivity index (χ0v) is 12.4. The maximum atomic E-state index is 12.4. The number of rotatable bonds is 3. The molecule has 0 spiro atoms. The number of anilines is 1. The van der Waals surface area contributed by atoms with Crippen molar-refractivity contribution in [3.8, 4) is 0 Å². The maximum absolute atomic E-state index is 12.4. The Hall–Kier alpha value is -2.08. The highest BCUT2D eigenvalue weighted by Gasteiger charge is 2.31. The molecule has 1 unspecified atom stereocenters. The predicted molar refractivity (Wildman–Crippen MR) is 81.1 cm³/mol. The minimum atomic E-state index is -0.821. The minimum Gasteiger partial charge on any atom is -0.481 e. The van der Waals surface area contributed by atoms with E-state index >= 15 is 0 Å². The van der Waals surface area contributed by atoms with Crippen molar-refractivity contribution in [2.24, 2.45) is 5.92 Å². The van der Waals surface area contributed by atoms with Crippen molar-refractivity contribution in [1.29, 1.82) is 0 Å². The summed E-state index contributed by atoms with van der Waals surface area (Å²) >= 11 is 0. The first kappa shape index (κ1) is 14.8. The van der Waals surface area contributed by atoms with Gasteiger partial charge in [0.2, 0.25) is 0 Å². The second-order valence-corrected chi connectivity index (χ2v) is 5.72. The maximum Gasteiger partial charge on any atom is 0.308 e. The van der Waals surface area contributed by atoms with Crippen LogP contribution in [0.3, 0.4) is 0 Å². The lowest BCUT2D eigenvalue weighted by atomic mass is 10.1. The summed E-state index contributed by atoms with van der Waals surface area (Å²) in [4.78, 5) is 27.2. The molecule has 0 bridgehead atoms. The molecule has 0 radical (unpaired) electrons. The fraction of sp³-hybridized carbons (Fsp3) is 0.500. The standard InChI is InChI=1S/C16H20N2O4/c19-15(18-6-5-13(11-18)16(20)21)12-1-3-14(4-2-12)17-7-9-22-10-8-17/h1-4,13H,5-11H2,(H,20,21). The van der Waals surface area contributed by atoms with Gasteiger partial charge in [0.15, 0.2) is 0 Å². The lowest BCUT2D eigenvalue weighted by molar-refractivity contribution is -0.141. The molecule has 3 rings (SSSR count). The molecule has 0 aliphatic carbocycles. The van der Waals surface area contributed by atoms with Gasteiger partial charge >= 0.3 is 5.97 Å². The van der Waals surface area contributed by atoms with Crippen molar-refractivity contribution >= 4 is 17.6 Å². The highest BCUT2D eigenvalue weighted by Crippen LogP contribution is 2.21. The molecule has 6 nitrogen and oxygen atoms in total. The Morgan fingerprint density at radius 1 is 1.09 bits per heavy atom. The van der Waals surface area contributed by atoms with E-state index in [4.69, 9.17) is 9.84 Å². The van der Waals surface area contributed by atoms with Crippen molar-refractivity contribution in [2.45, 2.75) is 6.42 Å². The minimum absolute atomic E-state index is 0.0859. The number of hydrogen-bond acceptors (Lipinski definition) is 4. The number of likely N-dealkylation sites (tertiary alicyclic amines) is 1. The van der Waals surface area contributed by atoms with E-state index in [1.807, 2.05) is 24.3 Å². The third-order valence-corrected chi connectivity index (χ3v) is 4.32. The molecule has 118 valence electrons. The molecule has 2 aliphatic rings. The van der Waals surface area contributed by atoms with Gasteiger partial charge in [0.05, 0.1) is 19.1 Å². The molecule has 1 aromatic carbocycles. The monoisotopic (exact) mass is 304 g/mol. The van der Waals surface area contributed by atoms with Crippen LogP contribution in [0.25, 0.3) is 0 Å². The predicted octanol–water partition coefficient (Wildman–Crippen LogP) is 1.07. The fourth-order valence-corrected chi connectivity index (χ4v) is 2.97. The van der Waals surface area contributed by atoms with Crippen LogP contribution in [0.1, 0.15) is 16.8 Å². The van der Waals surface area contributed by atoms with E-state index in [-0.39, 0.29) is 5.91 Å². The number of morpholine rings is 1. The Labute approximate surface area is 129 Å². The van der Waals surface area contributed by atoms with Crippen LogP contribution in [0.5, 0.6) is 0 Å². The molecule has 2 aliphatic heterocycles. The summed E-state index contributed by atoms with van der Waals surface area (Å²) in [5.41, 5.74) is 1.70. The largest absolute Gasteiger partial charge is 0.481 e.